The smallest absolute Gasteiger partial charge is 0.277 e. The molecule has 0 bridgehead atoms. The summed E-state index contributed by atoms with van der Waals surface area (Å²) in [6.45, 7) is 0.239. The van der Waals surface area contributed by atoms with Crippen LogP contribution in [0, 0.1) is 5.82 Å². The number of thioether (sulfide) groups is 1. The van der Waals surface area contributed by atoms with Crippen LogP contribution < -0.4 is 0 Å². The largest absolute Gasteiger partial charge is 0.416 e. The number of carbonyl (C=O) groups excluding carboxylic acids is 1. The minimum atomic E-state index is -0.302. The molecule has 0 spiro atoms. The van der Waals surface area contributed by atoms with Gasteiger partial charge in [-0.05, 0) is 18.9 Å². The Morgan fingerprint density at radius 3 is 2.80 bits per heavy atom. The molecule has 0 aliphatic heterocycles. The third kappa shape index (κ3) is 4.81. The zero-order chi connectivity index (χ0) is 17.6. The summed E-state index contributed by atoms with van der Waals surface area (Å²) in [6, 6.07) is 6.47. The zero-order valence-corrected chi connectivity index (χ0v) is 15.1. The average Bonchev–Trinajstić information content (AvgIpc) is 3.11. The lowest BCUT2D eigenvalue weighted by Gasteiger charge is -2.17. The maximum absolute atomic E-state index is 13.7. The number of nitrogens with zero attached hydrogens (tertiary/aromatic N) is 3. The van der Waals surface area contributed by atoms with Gasteiger partial charge in [-0.1, -0.05) is 49.2 Å². The Kier molecular flexibility index (Phi) is 6.07. The molecule has 7 heteroatoms. The number of aromatic nitrogens is 2. The fourth-order valence-electron chi connectivity index (χ4n) is 3.00. The van der Waals surface area contributed by atoms with E-state index >= 15 is 0 Å². The van der Waals surface area contributed by atoms with Crippen LogP contribution in [0.4, 0.5) is 4.39 Å². The highest BCUT2D eigenvalue weighted by atomic mass is 32.2. The minimum Gasteiger partial charge on any atom is -0.416 e. The summed E-state index contributed by atoms with van der Waals surface area (Å²) in [5.41, 5.74) is 0.501. The van der Waals surface area contributed by atoms with Crippen LogP contribution in [-0.4, -0.2) is 33.8 Å². The van der Waals surface area contributed by atoms with E-state index in [1.54, 1.807) is 25.2 Å². The van der Waals surface area contributed by atoms with Crippen LogP contribution in [0.2, 0.25) is 0 Å². The monoisotopic (exact) mass is 363 g/mol. The topological polar surface area (TPSA) is 59.2 Å². The number of hydrogen-bond acceptors (Lipinski definition) is 5. The van der Waals surface area contributed by atoms with Crippen molar-refractivity contribution in [2.75, 3.05) is 12.8 Å². The minimum absolute atomic E-state index is 0.106. The molecule has 0 saturated heterocycles. The lowest BCUT2D eigenvalue weighted by atomic mass is 9.89. The molecule has 0 atom stereocenters. The Labute approximate surface area is 151 Å². The van der Waals surface area contributed by atoms with Crippen molar-refractivity contribution < 1.29 is 13.6 Å². The molecular weight excluding hydrogens is 341 g/mol. The molecule has 0 unspecified atom stereocenters. The highest BCUT2D eigenvalue weighted by Crippen LogP contribution is 2.32. The van der Waals surface area contributed by atoms with E-state index in [1.165, 1.54) is 42.0 Å². The van der Waals surface area contributed by atoms with Gasteiger partial charge in [0, 0.05) is 25.1 Å². The van der Waals surface area contributed by atoms with Gasteiger partial charge < -0.3 is 9.32 Å². The van der Waals surface area contributed by atoms with Crippen LogP contribution in [0.5, 0.6) is 0 Å². The van der Waals surface area contributed by atoms with Gasteiger partial charge in [0.25, 0.3) is 5.22 Å². The predicted molar refractivity (Wildman–Crippen MR) is 93.7 cm³/mol. The van der Waals surface area contributed by atoms with Crippen molar-refractivity contribution in [1.29, 1.82) is 0 Å². The third-order valence-corrected chi connectivity index (χ3v) is 5.29. The van der Waals surface area contributed by atoms with Gasteiger partial charge in [0.05, 0.1) is 5.75 Å². The van der Waals surface area contributed by atoms with E-state index in [-0.39, 0.29) is 24.0 Å². The Morgan fingerprint density at radius 2 is 2.04 bits per heavy atom. The van der Waals surface area contributed by atoms with Gasteiger partial charge in [0.15, 0.2) is 0 Å². The standard InChI is InChI=1S/C18H22FN3O2S/c1-22(11-14-9-5-6-10-15(14)19)16(23)12-25-18-21-20-17(24-18)13-7-3-2-4-8-13/h5-6,9-10,13H,2-4,7-8,11-12H2,1H3. The van der Waals surface area contributed by atoms with Gasteiger partial charge in [-0.25, -0.2) is 4.39 Å². The Hall–Kier alpha value is -1.89. The van der Waals surface area contributed by atoms with Gasteiger partial charge in [0.1, 0.15) is 5.82 Å². The quantitative estimate of drug-likeness (QED) is 0.726. The average molecular weight is 363 g/mol. The summed E-state index contributed by atoms with van der Waals surface area (Å²) < 4.78 is 19.4. The summed E-state index contributed by atoms with van der Waals surface area (Å²) >= 11 is 1.23. The molecule has 1 aromatic carbocycles. The first-order valence-corrected chi connectivity index (χ1v) is 9.55. The van der Waals surface area contributed by atoms with E-state index < -0.39 is 0 Å². The first kappa shape index (κ1) is 17.9. The molecule has 0 radical (unpaired) electrons. The van der Waals surface area contributed by atoms with Crippen LogP contribution in [0.15, 0.2) is 33.9 Å². The van der Waals surface area contributed by atoms with Gasteiger partial charge in [-0.2, -0.15) is 0 Å². The van der Waals surface area contributed by atoms with Crippen LogP contribution in [-0.2, 0) is 11.3 Å². The highest BCUT2D eigenvalue weighted by molar-refractivity contribution is 7.99. The van der Waals surface area contributed by atoms with Crippen molar-refractivity contribution in [3.63, 3.8) is 0 Å². The molecule has 1 aliphatic carbocycles. The lowest BCUT2D eigenvalue weighted by Crippen LogP contribution is -2.28. The second-order valence-corrected chi connectivity index (χ2v) is 7.30. The first-order valence-electron chi connectivity index (χ1n) is 8.57. The maximum Gasteiger partial charge on any atom is 0.277 e. The van der Waals surface area contributed by atoms with Crippen molar-refractivity contribution in [2.24, 2.45) is 0 Å². The summed E-state index contributed by atoms with van der Waals surface area (Å²) in [4.78, 5) is 13.7. The number of amides is 1. The molecule has 0 N–H and O–H groups in total. The normalized spacial score (nSPS) is 15.3. The molecule has 1 fully saturated rings. The molecule has 5 nitrogen and oxygen atoms in total. The van der Waals surface area contributed by atoms with E-state index in [2.05, 4.69) is 10.2 Å². The van der Waals surface area contributed by atoms with Crippen molar-refractivity contribution in [2.45, 2.75) is 49.8 Å². The van der Waals surface area contributed by atoms with Crippen LogP contribution >= 0.6 is 11.8 Å². The van der Waals surface area contributed by atoms with E-state index in [0.29, 0.717) is 22.6 Å². The van der Waals surface area contributed by atoms with Gasteiger partial charge in [-0.15, -0.1) is 10.2 Å². The van der Waals surface area contributed by atoms with Gasteiger partial charge >= 0.3 is 0 Å². The molecule has 1 heterocycles. The van der Waals surface area contributed by atoms with Crippen molar-refractivity contribution >= 4 is 17.7 Å². The summed E-state index contributed by atoms with van der Waals surface area (Å²) in [5, 5.41) is 8.59. The Morgan fingerprint density at radius 1 is 1.28 bits per heavy atom. The lowest BCUT2D eigenvalue weighted by molar-refractivity contribution is -0.127. The predicted octanol–water partition coefficient (Wildman–Crippen LogP) is 4.01. The fourth-order valence-corrected chi connectivity index (χ4v) is 3.71. The molecule has 1 amide bonds. The van der Waals surface area contributed by atoms with E-state index in [1.807, 2.05) is 0 Å². The van der Waals surface area contributed by atoms with Gasteiger partial charge in [0.2, 0.25) is 11.8 Å². The highest BCUT2D eigenvalue weighted by Gasteiger charge is 2.22. The molecule has 3 rings (SSSR count). The number of hydrogen-bond donors (Lipinski definition) is 0. The number of rotatable bonds is 6. The molecule has 1 aliphatic rings. The number of carbonyl (C=O) groups is 1. The molecule has 1 aromatic heterocycles. The molecule has 1 saturated carbocycles. The summed E-state index contributed by atoms with van der Waals surface area (Å²) in [7, 11) is 1.66. The van der Waals surface area contributed by atoms with E-state index in [9.17, 15) is 9.18 Å². The first-order chi connectivity index (χ1) is 12.1. The van der Waals surface area contributed by atoms with E-state index in [4.69, 9.17) is 4.42 Å². The molecule has 2 aromatic rings. The third-order valence-electron chi connectivity index (χ3n) is 4.49. The van der Waals surface area contributed by atoms with Crippen molar-refractivity contribution in [3.8, 4) is 0 Å². The number of halogens is 1. The summed E-state index contributed by atoms with van der Waals surface area (Å²) in [6.07, 6.45) is 5.87. The fraction of sp³-hybridized carbons (Fsp3) is 0.500. The van der Waals surface area contributed by atoms with Gasteiger partial charge in [-0.3, -0.25) is 4.79 Å². The van der Waals surface area contributed by atoms with Crippen LogP contribution in [0.25, 0.3) is 0 Å². The molecule has 134 valence electrons. The van der Waals surface area contributed by atoms with Crippen molar-refractivity contribution in [3.05, 3.63) is 41.5 Å². The summed E-state index contributed by atoms with van der Waals surface area (Å²) in [5.74, 6) is 0.830. The van der Waals surface area contributed by atoms with Crippen molar-refractivity contribution in [1.82, 2.24) is 15.1 Å². The maximum atomic E-state index is 13.7. The Bertz CT molecular complexity index is 716. The Balaban J connectivity index is 1.50. The second kappa shape index (κ2) is 8.47. The van der Waals surface area contributed by atoms with E-state index in [0.717, 1.165) is 12.8 Å². The second-order valence-electron chi connectivity index (χ2n) is 6.37. The molecule has 25 heavy (non-hydrogen) atoms. The SMILES string of the molecule is CN(Cc1ccccc1F)C(=O)CSc1nnc(C2CCCCC2)o1. The van der Waals surface area contributed by atoms with Crippen LogP contribution in [0.1, 0.15) is 49.5 Å². The van der Waals surface area contributed by atoms with Crippen LogP contribution in [0.3, 0.4) is 0 Å². The zero-order valence-electron chi connectivity index (χ0n) is 14.3. The molecular formula is C18H22FN3O2S. The number of benzene rings is 1.